The highest BCUT2D eigenvalue weighted by Gasteiger charge is 2.04. The average molecular weight is 262 g/mol. The summed E-state index contributed by atoms with van der Waals surface area (Å²) >= 11 is 1.29. The van der Waals surface area contributed by atoms with Crippen LogP contribution in [0.1, 0.15) is 5.56 Å². The number of aromatic amines is 1. The van der Waals surface area contributed by atoms with Crippen LogP contribution in [0.4, 0.5) is 5.13 Å². The zero-order valence-corrected chi connectivity index (χ0v) is 9.36. The molecule has 2 rings (SSSR count). The molecule has 0 fully saturated rings. The Hall–Kier alpha value is -0.880. The molecule has 0 unspecified atom stereocenters. The molecule has 2 heterocycles. The van der Waals surface area contributed by atoms with Crippen molar-refractivity contribution in [2.24, 2.45) is 0 Å². The highest BCUT2D eigenvalue weighted by molar-refractivity contribution is 8.93. The average Bonchev–Trinajstić information content (AvgIpc) is 2.29. The van der Waals surface area contributed by atoms with Gasteiger partial charge in [0, 0.05) is 6.07 Å². The highest BCUT2D eigenvalue weighted by Crippen LogP contribution is 2.21. The molecular formula is C7H8BrN3OS. The quantitative estimate of drug-likeness (QED) is 0.754. The van der Waals surface area contributed by atoms with Gasteiger partial charge < -0.3 is 10.7 Å². The molecule has 0 aliphatic heterocycles. The number of pyridine rings is 1. The van der Waals surface area contributed by atoms with E-state index in [4.69, 9.17) is 5.73 Å². The third-order valence-electron chi connectivity index (χ3n) is 1.60. The van der Waals surface area contributed by atoms with E-state index in [0.29, 0.717) is 5.13 Å². The Kier molecular flexibility index (Phi) is 2.72. The molecule has 13 heavy (non-hydrogen) atoms. The number of fused-ring (bicyclic) bond motifs is 1. The van der Waals surface area contributed by atoms with Gasteiger partial charge in [0.15, 0.2) is 5.13 Å². The molecule has 2 aromatic heterocycles. The molecule has 6 heteroatoms. The molecule has 0 aliphatic carbocycles. The fraction of sp³-hybridized carbons (Fsp3) is 0.143. The first-order valence-corrected chi connectivity index (χ1v) is 4.24. The lowest BCUT2D eigenvalue weighted by atomic mass is 10.3. The van der Waals surface area contributed by atoms with Gasteiger partial charge in [0.05, 0.1) is 0 Å². The Morgan fingerprint density at radius 3 is 3.00 bits per heavy atom. The number of H-pyrrole nitrogens is 1. The van der Waals surface area contributed by atoms with Crippen LogP contribution in [-0.4, -0.2) is 9.97 Å². The first kappa shape index (κ1) is 10.2. The van der Waals surface area contributed by atoms with Gasteiger partial charge in [-0.1, -0.05) is 11.3 Å². The van der Waals surface area contributed by atoms with E-state index in [2.05, 4.69) is 9.97 Å². The second-order valence-electron chi connectivity index (χ2n) is 2.55. The SMILES string of the molecule is Br.Cc1cc(=O)[nH]c2sc(N)nc12. The zero-order chi connectivity index (χ0) is 8.72. The summed E-state index contributed by atoms with van der Waals surface area (Å²) in [5.41, 5.74) is 7.04. The van der Waals surface area contributed by atoms with E-state index >= 15 is 0 Å². The molecular weight excluding hydrogens is 254 g/mol. The van der Waals surface area contributed by atoms with Crippen molar-refractivity contribution in [1.29, 1.82) is 0 Å². The standard InChI is InChI=1S/C7H7N3OS.BrH/c1-3-2-4(11)9-6-5(3)10-7(8)12-6;/h2H,1H3,(H2,8,10)(H,9,11);1H. The van der Waals surface area contributed by atoms with E-state index in [1.807, 2.05) is 6.92 Å². The number of nitrogen functional groups attached to an aromatic ring is 1. The second kappa shape index (κ2) is 3.47. The Morgan fingerprint density at radius 2 is 2.31 bits per heavy atom. The number of nitrogens with one attached hydrogen (secondary N) is 1. The Labute approximate surface area is 88.6 Å². The van der Waals surface area contributed by atoms with E-state index in [0.717, 1.165) is 15.9 Å². The number of nitrogens with two attached hydrogens (primary N) is 1. The van der Waals surface area contributed by atoms with Crippen molar-refractivity contribution in [3.63, 3.8) is 0 Å². The van der Waals surface area contributed by atoms with E-state index in [1.165, 1.54) is 17.4 Å². The second-order valence-corrected chi connectivity index (χ2v) is 3.58. The minimum Gasteiger partial charge on any atom is -0.375 e. The molecule has 0 amide bonds. The first-order chi connectivity index (χ1) is 5.66. The van der Waals surface area contributed by atoms with Crippen molar-refractivity contribution in [2.45, 2.75) is 6.92 Å². The van der Waals surface area contributed by atoms with Gasteiger partial charge in [-0.2, -0.15) is 0 Å². The Morgan fingerprint density at radius 1 is 1.62 bits per heavy atom. The summed E-state index contributed by atoms with van der Waals surface area (Å²) < 4.78 is 0. The summed E-state index contributed by atoms with van der Waals surface area (Å²) in [6.45, 7) is 1.84. The monoisotopic (exact) mass is 261 g/mol. The summed E-state index contributed by atoms with van der Waals surface area (Å²) in [5, 5.41) is 0.481. The summed E-state index contributed by atoms with van der Waals surface area (Å²) in [7, 11) is 0. The van der Waals surface area contributed by atoms with Crippen LogP contribution in [0.15, 0.2) is 10.9 Å². The maximum absolute atomic E-state index is 11.0. The number of nitrogens with zero attached hydrogens (tertiary/aromatic N) is 1. The van der Waals surface area contributed by atoms with E-state index in [1.54, 1.807) is 0 Å². The van der Waals surface area contributed by atoms with Gasteiger partial charge in [0.2, 0.25) is 5.56 Å². The molecule has 0 aromatic carbocycles. The lowest BCUT2D eigenvalue weighted by Gasteiger charge is -1.90. The topological polar surface area (TPSA) is 71.8 Å². The smallest absolute Gasteiger partial charge is 0.249 e. The lowest BCUT2D eigenvalue weighted by molar-refractivity contribution is 1.28. The maximum Gasteiger partial charge on any atom is 0.249 e. The molecule has 2 aromatic rings. The van der Waals surface area contributed by atoms with Crippen molar-refractivity contribution >= 4 is 43.8 Å². The number of anilines is 1. The summed E-state index contributed by atoms with van der Waals surface area (Å²) in [4.78, 5) is 18.5. The number of aromatic nitrogens is 2. The fourth-order valence-electron chi connectivity index (χ4n) is 1.10. The summed E-state index contributed by atoms with van der Waals surface area (Å²) in [6.07, 6.45) is 0. The summed E-state index contributed by atoms with van der Waals surface area (Å²) in [5.74, 6) is 0. The van der Waals surface area contributed by atoms with Crippen LogP contribution in [0.3, 0.4) is 0 Å². The predicted octanol–water partition coefficient (Wildman–Crippen LogP) is 1.45. The van der Waals surface area contributed by atoms with Crippen LogP contribution in [0.5, 0.6) is 0 Å². The van der Waals surface area contributed by atoms with E-state index in [9.17, 15) is 4.79 Å². The fourth-order valence-corrected chi connectivity index (χ4v) is 1.90. The number of aryl methyl sites for hydroxylation is 1. The zero-order valence-electron chi connectivity index (χ0n) is 6.83. The molecule has 0 radical (unpaired) electrons. The number of halogens is 1. The van der Waals surface area contributed by atoms with Crippen LogP contribution in [0.25, 0.3) is 10.3 Å². The molecule has 0 saturated carbocycles. The molecule has 0 saturated heterocycles. The lowest BCUT2D eigenvalue weighted by Crippen LogP contribution is -2.03. The van der Waals surface area contributed by atoms with Crippen molar-refractivity contribution in [3.05, 3.63) is 22.0 Å². The number of hydrogen-bond acceptors (Lipinski definition) is 4. The third-order valence-corrected chi connectivity index (χ3v) is 2.40. The normalized spacial score (nSPS) is 9.92. The van der Waals surface area contributed by atoms with Crippen LogP contribution in [0.2, 0.25) is 0 Å². The van der Waals surface area contributed by atoms with Crippen molar-refractivity contribution < 1.29 is 0 Å². The molecule has 70 valence electrons. The minimum absolute atomic E-state index is 0. The van der Waals surface area contributed by atoms with Gasteiger partial charge in [-0.15, -0.1) is 17.0 Å². The number of hydrogen-bond donors (Lipinski definition) is 2. The molecule has 0 spiro atoms. The van der Waals surface area contributed by atoms with Crippen LogP contribution in [0, 0.1) is 6.92 Å². The minimum atomic E-state index is -0.108. The van der Waals surface area contributed by atoms with Crippen molar-refractivity contribution in [3.8, 4) is 0 Å². The van der Waals surface area contributed by atoms with E-state index < -0.39 is 0 Å². The summed E-state index contributed by atoms with van der Waals surface area (Å²) in [6, 6.07) is 1.52. The Balaban J connectivity index is 0.000000845. The number of thiazole rings is 1. The van der Waals surface area contributed by atoms with Gasteiger partial charge in [-0.3, -0.25) is 4.79 Å². The van der Waals surface area contributed by atoms with Gasteiger partial charge in [0.1, 0.15) is 10.3 Å². The predicted molar refractivity (Wildman–Crippen MR) is 59.7 cm³/mol. The first-order valence-electron chi connectivity index (χ1n) is 3.43. The van der Waals surface area contributed by atoms with E-state index in [-0.39, 0.29) is 22.5 Å². The highest BCUT2D eigenvalue weighted by atomic mass is 79.9. The van der Waals surface area contributed by atoms with Crippen molar-refractivity contribution in [2.75, 3.05) is 5.73 Å². The maximum atomic E-state index is 11.0. The number of rotatable bonds is 0. The third kappa shape index (κ3) is 1.73. The van der Waals surface area contributed by atoms with Crippen molar-refractivity contribution in [1.82, 2.24) is 9.97 Å². The van der Waals surface area contributed by atoms with Gasteiger partial charge >= 0.3 is 0 Å². The molecule has 3 N–H and O–H groups in total. The molecule has 0 atom stereocenters. The van der Waals surface area contributed by atoms with Gasteiger partial charge in [-0.25, -0.2) is 4.98 Å². The molecule has 0 bridgehead atoms. The van der Waals surface area contributed by atoms with Gasteiger partial charge in [-0.05, 0) is 12.5 Å². The van der Waals surface area contributed by atoms with Crippen LogP contribution < -0.4 is 11.3 Å². The van der Waals surface area contributed by atoms with Crippen LogP contribution in [-0.2, 0) is 0 Å². The Bertz CT molecular complexity index is 490. The molecule has 0 aliphatic rings. The van der Waals surface area contributed by atoms with Crippen LogP contribution >= 0.6 is 28.3 Å². The molecule has 4 nitrogen and oxygen atoms in total. The van der Waals surface area contributed by atoms with Gasteiger partial charge in [0.25, 0.3) is 0 Å². The largest absolute Gasteiger partial charge is 0.375 e.